The quantitative estimate of drug-likeness (QED) is 0.650. The number of esters is 1. The molecular weight excluding hydrogens is 306 g/mol. The molecule has 3 aromatic heterocycles. The summed E-state index contributed by atoms with van der Waals surface area (Å²) < 4.78 is 10.8. The third-order valence-electron chi connectivity index (χ3n) is 3.20. The van der Waals surface area contributed by atoms with Crippen LogP contribution in [0.25, 0.3) is 0 Å². The van der Waals surface area contributed by atoms with Crippen LogP contribution in [-0.2, 0) is 18.0 Å². The van der Waals surface area contributed by atoms with Gasteiger partial charge in [0.25, 0.3) is 0 Å². The van der Waals surface area contributed by atoms with E-state index in [9.17, 15) is 4.79 Å². The summed E-state index contributed by atoms with van der Waals surface area (Å²) >= 11 is 0. The molecule has 0 saturated heterocycles. The van der Waals surface area contributed by atoms with Crippen LogP contribution in [0.4, 0.5) is 0 Å². The van der Waals surface area contributed by atoms with Gasteiger partial charge in [-0.15, -0.1) is 0 Å². The van der Waals surface area contributed by atoms with Crippen LogP contribution in [-0.4, -0.2) is 20.9 Å². The van der Waals surface area contributed by atoms with Crippen LogP contribution < -0.4 is 4.74 Å². The number of hydrogen-bond acceptors (Lipinski definition) is 6. The number of rotatable bonds is 6. The molecule has 0 spiro atoms. The Kier molecular flexibility index (Phi) is 5.09. The molecular formula is C18H15N3O3. The predicted octanol–water partition coefficient (Wildman–Crippen LogP) is 2.81. The summed E-state index contributed by atoms with van der Waals surface area (Å²) in [5, 5.41) is 0. The van der Waals surface area contributed by atoms with E-state index in [4.69, 9.17) is 9.47 Å². The Hall–Kier alpha value is -3.28. The van der Waals surface area contributed by atoms with Gasteiger partial charge < -0.3 is 9.47 Å². The van der Waals surface area contributed by atoms with Crippen LogP contribution in [0.15, 0.2) is 67.4 Å². The van der Waals surface area contributed by atoms with Crippen molar-refractivity contribution in [3.8, 4) is 5.88 Å². The van der Waals surface area contributed by atoms with Crippen molar-refractivity contribution in [1.29, 1.82) is 0 Å². The first-order valence-corrected chi connectivity index (χ1v) is 7.35. The number of nitrogens with zero attached hydrogens (tertiary/aromatic N) is 3. The van der Waals surface area contributed by atoms with Crippen LogP contribution in [0.2, 0.25) is 0 Å². The molecule has 0 fully saturated rings. The third kappa shape index (κ3) is 4.36. The maximum absolute atomic E-state index is 12.0. The fraction of sp³-hybridized carbons (Fsp3) is 0.111. The molecule has 0 aliphatic carbocycles. The van der Waals surface area contributed by atoms with Gasteiger partial charge in [0.15, 0.2) is 0 Å². The number of ether oxygens (including phenoxy) is 2. The van der Waals surface area contributed by atoms with E-state index in [-0.39, 0.29) is 6.61 Å². The van der Waals surface area contributed by atoms with Gasteiger partial charge in [0.1, 0.15) is 13.2 Å². The van der Waals surface area contributed by atoms with E-state index in [1.165, 1.54) is 6.20 Å². The number of pyridine rings is 3. The molecule has 0 atom stereocenters. The molecule has 24 heavy (non-hydrogen) atoms. The van der Waals surface area contributed by atoms with Gasteiger partial charge in [-0.05, 0) is 29.8 Å². The van der Waals surface area contributed by atoms with Crippen molar-refractivity contribution >= 4 is 5.97 Å². The highest BCUT2D eigenvalue weighted by atomic mass is 16.5. The van der Waals surface area contributed by atoms with Gasteiger partial charge in [-0.2, -0.15) is 0 Å². The van der Waals surface area contributed by atoms with Crippen molar-refractivity contribution in [2.75, 3.05) is 0 Å². The average molecular weight is 321 g/mol. The Bertz CT molecular complexity index is 778. The highest BCUT2D eigenvalue weighted by Crippen LogP contribution is 2.11. The maximum Gasteiger partial charge on any atom is 0.340 e. The normalized spacial score (nSPS) is 10.2. The van der Waals surface area contributed by atoms with E-state index in [0.29, 0.717) is 18.1 Å². The molecule has 0 unspecified atom stereocenters. The van der Waals surface area contributed by atoms with Gasteiger partial charge in [0.2, 0.25) is 5.88 Å². The van der Waals surface area contributed by atoms with Crippen LogP contribution in [0.3, 0.4) is 0 Å². The Labute approximate surface area is 139 Å². The smallest absolute Gasteiger partial charge is 0.340 e. The lowest BCUT2D eigenvalue weighted by Crippen LogP contribution is -2.06. The van der Waals surface area contributed by atoms with E-state index in [2.05, 4.69) is 15.0 Å². The van der Waals surface area contributed by atoms with Crippen LogP contribution in [0.1, 0.15) is 21.5 Å². The van der Waals surface area contributed by atoms with Gasteiger partial charge >= 0.3 is 5.97 Å². The highest BCUT2D eigenvalue weighted by Gasteiger charge is 2.08. The lowest BCUT2D eigenvalue weighted by atomic mass is 10.3. The van der Waals surface area contributed by atoms with Crippen molar-refractivity contribution in [3.63, 3.8) is 0 Å². The molecule has 6 nitrogen and oxygen atoms in total. The lowest BCUT2D eigenvalue weighted by molar-refractivity contribution is 0.0472. The molecule has 6 heteroatoms. The minimum Gasteiger partial charge on any atom is -0.473 e. The second-order valence-corrected chi connectivity index (χ2v) is 4.97. The van der Waals surface area contributed by atoms with E-state index < -0.39 is 5.97 Å². The number of carbonyl (C=O) groups is 1. The van der Waals surface area contributed by atoms with Crippen molar-refractivity contribution in [1.82, 2.24) is 15.0 Å². The van der Waals surface area contributed by atoms with E-state index in [1.54, 1.807) is 43.0 Å². The first-order valence-electron chi connectivity index (χ1n) is 7.35. The largest absolute Gasteiger partial charge is 0.473 e. The second-order valence-electron chi connectivity index (χ2n) is 4.97. The number of carbonyl (C=O) groups excluding carboxylic acids is 1. The zero-order valence-electron chi connectivity index (χ0n) is 12.8. The molecule has 3 aromatic rings. The molecule has 0 amide bonds. The van der Waals surface area contributed by atoms with E-state index in [1.807, 2.05) is 18.2 Å². The Balaban J connectivity index is 1.53. The predicted molar refractivity (Wildman–Crippen MR) is 86.2 cm³/mol. The Morgan fingerprint density at radius 1 is 0.875 bits per heavy atom. The van der Waals surface area contributed by atoms with Gasteiger partial charge in [0, 0.05) is 42.6 Å². The zero-order valence-corrected chi connectivity index (χ0v) is 12.8. The average Bonchev–Trinajstić information content (AvgIpc) is 2.66. The van der Waals surface area contributed by atoms with Crippen molar-refractivity contribution < 1.29 is 14.3 Å². The topological polar surface area (TPSA) is 74.2 Å². The standard InChI is InChI=1S/C18H15N3O3/c22-18(24-13-15-2-1-7-20-10-15)16-3-4-17(21-11-16)23-12-14-5-8-19-9-6-14/h1-11H,12-13H2. The minimum atomic E-state index is -0.438. The number of hydrogen-bond donors (Lipinski definition) is 0. The van der Waals surface area contributed by atoms with Crippen molar-refractivity contribution in [2.45, 2.75) is 13.2 Å². The van der Waals surface area contributed by atoms with Crippen LogP contribution in [0, 0.1) is 0 Å². The fourth-order valence-corrected chi connectivity index (χ4v) is 1.94. The molecule has 0 N–H and O–H groups in total. The molecule has 0 radical (unpaired) electrons. The first-order chi connectivity index (χ1) is 11.8. The molecule has 0 aliphatic rings. The summed E-state index contributed by atoms with van der Waals surface area (Å²) in [6, 6.07) is 10.6. The summed E-state index contributed by atoms with van der Waals surface area (Å²) in [7, 11) is 0. The molecule has 0 aromatic carbocycles. The fourth-order valence-electron chi connectivity index (χ4n) is 1.94. The van der Waals surface area contributed by atoms with Gasteiger partial charge in [0.05, 0.1) is 5.56 Å². The monoisotopic (exact) mass is 321 g/mol. The molecule has 120 valence electrons. The molecule has 0 saturated carbocycles. The molecule has 0 bridgehead atoms. The van der Waals surface area contributed by atoms with Crippen LogP contribution >= 0.6 is 0 Å². The highest BCUT2D eigenvalue weighted by molar-refractivity contribution is 5.89. The van der Waals surface area contributed by atoms with Gasteiger partial charge in [-0.25, -0.2) is 9.78 Å². The Morgan fingerprint density at radius 3 is 2.46 bits per heavy atom. The Morgan fingerprint density at radius 2 is 1.75 bits per heavy atom. The second kappa shape index (κ2) is 7.82. The SMILES string of the molecule is O=C(OCc1cccnc1)c1ccc(OCc2ccncc2)nc1. The maximum atomic E-state index is 12.0. The summed E-state index contributed by atoms with van der Waals surface area (Å²) in [5.74, 6) is 0.00246. The van der Waals surface area contributed by atoms with Gasteiger partial charge in [-0.3, -0.25) is 9.97 Å². The van der Waals surface area contributed by atoms with E-state index >= 15 is 0 Å². The minimum absolute atomic E-state index is 0.174. The molecule has 0 aliphatic heterocycles. The van der Waals surface area contributed by atoms with Crippen molar-refractivity contribution in [2.24, 2.45) is 0 Å². The third-order valence-corrected chi connectivity index (χ3v) is 3.20. The number of aromatic nitrogens is 3. The summed E-state index contributed by atoms with van der Waals surface area (Å²) in [4.78, 5) is 24.0. The zero-order chi connectivity index (χ0) is 16.6. The van der Waals surface area contributed by atoms with E-state index in [0.717, 1.165) is 11.1 Å². The van der Waals surface area contributed by atoms with Crippen LogP contribution in [0.5, 0.6) is 5.88 Å². The lowest BCUT2D eigenvalue weighted by Gasteiger charge is -2.07. The summed E-state index contributed by atoms with van der Waals surface area (Å²) in [5.41, 5.74) is 2.19. The van der Waals surface area contributed by atoms with Gasteiger partial charge in [-0.1, -0.05) is 6.07 Å². The summed E-state index contributed by atoms with van der Waals surface area (Å²) in [6.07, 6.45) is 8.16. The molecule has 3 rings (SSSR count). The summed E-state index contributed by atoms with van der Waals surface area (Å²) in [6.45, 7) is 0.563. The molecule has 3 heterocycles. The van der Waals surface area contributed by atoms with Crippen molar-refractivity contribution in [3.05, 3.63) is 84.1 Å². The first kappa shape index (κ1) is 15.6.